The van der Waals surface area contributed by atoms with E-state index in [0.29, 0.717) is 34.4 Å². The number of hydrogen-bond acceptors (Lipinski definition) is 6. The highest BCUT2D eigenvalue weighted by Crippen LogP contribution is 2.39. The van der Waals surface area contributed by atoms with E-state index in [2.05, 4.69) is 6.58 Å². The van der Waals surface area contributed by atoms with Gasteiger partial charge in [-0.3, -0.25) is 0 Å². The van der Waals surface area contributed by atoms with E-state index in [1.54, 1.807) is 67.6 Å². The molecule has 1 aromatic carbocycles. The summed E-state index contributed by atoms with van der Waals surface area (Å²) in [6, 6.07) is 6.56. The van der Waals surface area contributed by atoms with Crippen molar-refractivity contribution in [2.75, 3.05) is 0 Å². The molecule has 204 valence electrons. The summed E-state index contributed by atoms with van der Waals surface area (Å²) in [6.07, 6.45) is 11.4. The molecule has 38 heavy (non-hydrogen) atoms. The van der Waals surface area contributed by atoms with Gasteiger partial charge in [0.25, 0.3) is 0 Å². The average molecular weight is 521 g/mol. The number of rotatable bonds is 5. The summed E-state index contributed by atoms with van der Waals surface area (Å²) in [6.45, 7) is 17.4. The molecule has 0 radical (unpaired) electrons. The average Bonchev–Trinajstić information content (AvgIpc) is 2.96. The van der Waals surface area contributed by atoms with Gasteiger partial charge in [-0.2, -0.15) is 0 Å². The molecular weight excluding hydrogens is 480 g/mol. The smallest absolute Gasteiger partial charge is 0.344 e. The maximum Gasteiger partial charge on any atom is 0.344 e. The van der Waals surface area contributed by atoms with Crippen LogP contribution in [0, 0.1) is 0 Å². The zero-order chi connectivity index (χ0) is 28.8. The highest BCUT2D eigenvalue weighted by atomic mass is 16.4. The predicted molar refractivity (Wildman–Crippen MR) is 157 cm³/mol. The van der Waals surface area contributed by atoms with E-state index < -0.39 is 17.2 Å². The molecule has 0 saturated carbocycles. The highest BCUT2D eigenvalue weighted by molar-refractivity contribution is 5.84. The highest BCUT2D eigenvalue weighted by Gasteiger charge is 2.32. The third-order valence-corrected chi connectivity index (χ3v) is 5.53. The minimum absolute atomic E-state index is 0.144. The first-order valence-electron chi connectivity index (χ1n) is 13.2. The van der Waals surface area contributed by atoms with Gasteiger partial charge in [0.2, 0.25) is 0 Å². The fraction of sp³-hybridized carbons (Fsp3) is 0.312. The Bertz CT molecular complexity index is 1520. The summed E-state index contributed by atoms with van der Waals surface area (Å²) < 4.78 is 10.9. The lowest BCUT2D eigenvalue weighted by molar-refractivity contribution is 0.406. The van der Waals surface area contributed by atoms with Crippen molar-refractivity contribution in [2.24, 2.45) is 0 Å². The van der Waals surface area contributed by atoms with Crippen LogP contribution in [-0.4, -0.2) is 10.2 Å². The van der Waals surface area contributed by atoms with Gasteiger partial charge in [-0.05, 0) is 43.5 Å². The Hall–Kier alpha value is -4.06. The molecule has 1 unspecified atom stereocenters. The van der Waals surface area contributed by atoms with Gasteiger partial charge in [-0.1, -0.05) is 90.6 Å². The van der Waals surface area contributed by atoms with E-state index in [0.717, 1.165) is 0 Å². The summed E-state index contributed by atoms with van der Waals surface area (Å²) in [5.74, 6) is -1.73. The number of aromatic hydroxyl groups is 2. The number of para-hydroxylation sites is 1. The van der Waals surface area contributed by atoms with Gasteiger partial charge < -0.3 is 19.0 Å². The number of benzene rings is 1. The molecule has 2 aromatic heterocycles. The third-order valence-electron chi connectivity index (χ3n) is 5.53. The maximum absolute atomic E-state index is 13.1. The van der Waals surface area contributed by atoms with Crippen LogP contribution in [0.4, 0.5) is 0 Å². The van der Waals surface area contributed by atoms with E-state index >= 15 is 0 Å². The van der Waals surface area contributed by atoms with Crippen LogP contribution in [0.1, 0.15) is 78.4 Å². The SMILES string of the molecule is C=C/C=C\C(=C/C)C(c1c(O)c2c(oc1=O)=CCCC=2)c1c(O)c2ccccc2oc1=O.CC.CC.CC. The van der Waals surface area contributed by atoms with E-state index in [1.807, 2.05) is 41.5 Å². The Morgan fingerprint density at radius 2 is 1.47 bits per heavy atom. The molecule has 0 spiro atoms. The Kier molecular flexibility index (Phi) is 13.4. The van der Waals surface area contributed by atoms with Crippen molar-refractivity contribution in [3.8, 4) is 11.5 Å². The monoisotopic (exact) mass is 520 g/mol. The molecule has 6 heteroatoms. The Morgan fingerprint density at radius 1 is 0.895 bits per heavy atom. The van der Waals surface area contributed by atoms with Gasteiger partial charge in [0.1, 0.15) is 22.5 Å². The topological polar surface area (TPSA) is 101 Å². The number of allylic oxidation sites excluding steroid dienone is 5. The first kappa shape index (κ1) is 32.0. The molecule has 0 bridgehead atoms. The van der Waals surface area contributed by atoms with Crippen molar-refractivity contribution in [1.29, 1.82) is 0 Å². The molecular formula is C32H40O6. The second-order valence-electron chi connectivity index (χ2n) is 7.38. The number of hydrogen-bond donors (Lipinski definition) is 2. The molecule has 0 saturated heterocycles. The lowest BCUT2D eigenvalue weighted by Crippen LogP contribution is -2.35. The predicted octanol–water partition coefficient (Wildman–Crippen LogP) is 6.41. The maximum atomic E-state index is 13.1. The zero-order valence-electron chi connectivity index (χ0n) is 23.5. The Balaban J connectivity index is 0.00000112. The van der Waals surface area contributed by atoms with Crippen LogP contribution >= 0.6 is 0 Å². The van der Waals surface area contributed by atoms with Crippen LogP contribution in [0.15, 0.2) is 79.1 Å². The fourth-order valence-corrected chi connectivity index (χ4v) is 4.03. The molecule has 6 nitrogen and oxygen atoms in total. The Labute approximate surface area is 224 Å². The lowest BCUT2D eigenvalue weighted by atomic mass is 9.84. The minimum Gasteiger partial charge on any atom is -0.507 e. The quantitative estimate of drug-likeness (QED) is 0.298. The minimum atomic E-state index is -1.13. The van der Waals surface area contributed by atoms with Gasteiger partial charge in [0.15, 0.2) is 0 Å². The van der Waals surface area contributed by atoms with Crippen LogP contribution in [0.5, 0.6) is 11.5 Å². The van der Waals surface area contributed by atoms with Gasteiger partial charge in [0, 0.05) is 0 Å². The lowest BCUT2D eigenvalue weighted by Gasteiger charge is -2.20. The summed E-state index contributed by atoms with van der Waals surface area (Å²) in [5.41, 5.74) is -0.931. The van der Waals surface area contributed by atoms with Crippen LogP contribution in [0.2, 0.25) is 0 Å². The first-order valence-corrected chi connectivity index (χ1v) is 13.2. The largest absolute Gasteiger partial charge is 0.507 e. The second-order valence-corrected chi connectivity index (χ2v) is 7.38. The normalized spacial score (nSPS) is 12.8. The second kappa shape index (κ2) is 15.9. The van der Waals surface area contributed by atoms with Gasteiger partial charge in [0.05, 0.1) is 27.6 Å². The van der Waals surface area contributed by atoms with Crippen LogP contribution < -0.4 is 21.9 Å². The van der Waals surface area contributed by atoms with Crippen molar-refractivity contribution in [3.05, 3.63) is 103 Å². The van der Waals surface area contributed by atoms with E-state index in [4.69, 9.17) is 8.83 Å². The van der Waals surface area contributed by atoms with Crippen molar-refractivity contribution in [1.82, 2.24) is 0 Å². The van der Waals surface area contributed by atoms with E-state index in [9.17, 15) is 19.8 Å². The van der Waals surface area contributed by atoms with Gasteiger partial charge >= 0.3 is 11.3 Å². The Morgan fingerprint density at radius 3 is 2.11 bits per heavy atom. The molecule has 0 aliphatic heterocycles. The molecule has 4 rings (SSSR count). The van der Waals surface area contributed by atoms with E-state index in [-0.39, 0.29) is 28.2 Å². The summed E-state index contributed by atoms with van der Waals surface area (Å²) in [5, 5.41) is 22.9. The van der Waals surface area contributed by atoms with Gasteiger partial charge in [-0.15, -0.1) is 0 Å². The summed E-state index contributed by atoms with van der Waals surface area (Å²) >= 11 is 0. The van der Waals surface area contributed by atoms with Crippen molar-refractivity contribution >= 4 is 23.1 Å². The molecule has 0 amide bonds. The van der Waals surface area contributed by atoms with Crippen LogP contribution in [0.25, 0.3) is 23.1 Å². The van der Waals surface area contributed by atoms with Crippen molar-refractivity contribution in [3.63, 3.8) is 0 Å². The van der Waals surface area contributed by atoms with Crippen LogP contribution in [-0.2, 0) is 0 Å². The standard InChI is InChI=1S/C26H22O6.3C2H6/c1-3-5-10-15(4-2)20(21-23(27)16-11-6-8-13-18(16)31-25(21)29)22-24(28)17-12-7-9-14-19(17)32-26(22)30;3*1-2/h3-6,8,10-14,20,27-28H,1,7,9H2,2H3;3*1-2H3/b10-5-,15-4+;;;. The molecule has 2 N–H and O–H groups in total. The van der Waals surface area contributed by atoms with Crippen molar-refractivity contribution in [2.45, 2.75) is 67.2 Å². The zero-order valence-corrected chi connectivity index (χ0v) is 23.5. The van der Waals surface area contributed by atoms with Crippen molar-refractivity contribution < 1.29 is 19.0 Å². The molecule has 1 aliphatic rings. The molecule has 1 aliphatic carbocycles. The molecule has 3 aromatic rings. The third kappa shape index (κ3) is 6.62. The van der Waals surface area contributed by atoms with Gasteiger partial charge in [-0.25, -0.2) is 9.59 Å². The van der Waals surface area contributed by atoms with E-state index in [1.165, 1.54) is 0 Å². The number of fused-ring (bicyclic) bond motifs is 2. The summed E-state index contributed by atoms with van der Waals surface area (Å²) in [7, 11) is 0. The van der Waals surface area contributed by atoms with Crippen LogP contribution in [0.3, 0.4) is 0 Å². The molecule has 2 heterocycles. The molecule has 0 fully saturated rings. The molecule has 1 atom stereocenters. The fourth-order valence-electron chi connectivity index (χ4n) is 4.03. The first-order chi connectivity index (χ1) is 18.5. The summed E-state index contributed by atoms with van der Waals surface area (Å²) in [4.78, 5) is 26.1.